The minimum Gasteiger partial charge on any atom is -0.330 e. The van der Waals surface area contributed by atoms with E-state index in [0.29, 0.717) is 0 Å². The fourth-order valence-corrected chi connectivity index (χ4v) is 2.52. The molecule has 1 saturated carbocycles. The predicted molar refractivity (Wildman–Crippen MR) is 73.0 cm³/mol. The van der Waals surface area contributed by atoms with Crippen LogP contribution in [0.15, 0.2) is 18.2 Å². The lowest BCUT2D eigenvalue weighted by Crippen LogP contribution is -2.28. The van der Waals surface area contributed by atoms with Crippen LogP contribution in [0.4, 0.5) is 0 Å². The minimum atomic E-state index is 0.802. The van der Waals surface area contributed by atoms with Gasteiger partial charge in [-0.25, -0.2) is 0 Å². The molecule has 0 amide bonds. The summed E-state index contributed by atoms with van der Waals surface area (Å²) in [5, 5.41) is 0. The van der Waals surface area contributed by atoms with Crippen molar-refractivity contribution in [3.63, 3.8) is 0 Å². The van der Waals surface area contributed by atoms with Crippen molar-refractivity contribution in [1.82, 2.24) is 4.90 Å². The fourth-order valence-electron chi connectivity index (χ4n) is 2.52. The first-order valence-corrected chi connectivity index (χ1v) is 6.70. The van der Waals surface area contributed by atoms with E-state index in [1.807, 2.05) is 0 Å². The van der Waals surface area contributed by atoms with Crippen LogP contribution in [0.2, 0.25) is 0 Å². The van der Waals surface area contributed by atoms with Gasteiger partial charge >= 0.3 is 0 Å². The first-order chi connectivity index (χ1) is 8.19. The number of rotatable bonds is 6. The average molecular weight is 232 g/mol. The van der Waals surface area contributed by atoms with Gasteiger partial charge in [-0.1, -0.05) is 29.3 Å². The van der Waals surface area contributed by atoms with Gasteiger partial charge in [0.1, 0.15) is 0 Å². The zero-order valence-electron chi connectivity index (χ0n) is 11.1. The number of benzene rings is 1. The van der Waals surface area contributed by atoms with Crippen molar-refractivity contribution in [2.45, 2.75) is 45.7 Å². The first kappa shape index (κ1) is 12.6. The monoisotopic (exact) mass is 232 g/mol. The Balaban J connectivity index is 2.00. The summed E-state index contributed by atoms with van der Waals surface area (Å²) in [4.78, 5) is 2.60. The molecule has 2 nitrogen and oxygen atoms in total. The number of nitrogens with zero attached hydrogens (tertiary/aromatic N) is 1. The van der Waals surface area contributed by atoms with Crippen LogP contribution < -0.4 is 5.73 Å². The SMILES string of the molecule is Cc1cc(C)cc(CN(CCCN)C2CC2)c1. The molecule has 0 heterocycles. The Morgan fingerprint density at radius 3 is 2.35 bits per heavy atom. The van der Waals surface area contributed by atoms with Crippen LogP contribution in [0.25, 0.3) is 0 Å². The van der Waals surface area contributed by atoms with E-state index in [1.54, 1.807) is 0 Å². The number of nitrogens with two attached hydrogens (primary N) is 1. The third kappa shape index (κ3) is 3.83. The first-order valence-electron chi connectivity index (χ1n) is 6.70. The van der Waals surface area contributed by atoms with Crippen LogP contribution >= 0.6 is 0 Å². The molecule has 2 heteroatoms. The third-order valence-electron chi connectivity index (χ3n) is 3.38. The Kier molecular flexibility index (Phi) is 4.19. The quantitative estimate of drug-likeness (QED) is 0.817. The van der Waals surface area contributed by atoms with Crippen molar-refractivity contribution in [3.05, 3.63) is 34.9 Å². The molecule has 2 rings (SSSR count). The molecule has 2 N–H and O–H groups in total. The van der Waals surface area contributed by atoms with E-state index in [9.17, 15) is 0 Å². The highest BCUT2D eigenvalue weighted by molar-refractivity contribution is 5.28. The zero-order valence-corrected chi connectivity index (χ0v) is 11.1. The Hall–Kier alpha value is -0.860. The highest BCUT2D eigenvalue weighted by Gasteiger charge is 2.28. The Labute approximate surface area is 105 Å². The molecule has 0 bridgehead atoms. The Morgan fingerprint density at radius 2 is 1.82 bits per heavy atom. The van der Waals surface area contributed by atoms with Crippen molar-refractivity contribution in [2.24, 2.45) is 5.73 Å². The molecule has 0 spiro atoms. The third-order valence-corrected chi connectivity index (χ3v) is 3.38. The molecule has 1 aromatic carbocycles. The van der Waals surface area contributed by atoms with E-state index in [4.69, 9.17) is 5.73 Å². The number of hydrogen-bond acceptors (Lipinski definition) is 2. The smallest absolute Gasteiger partial charge is 0.0236 e. The summed E-state index contributed by atoms with van der Waals surface area (Å²) >= 11 is 0. The zero-order chi connectivity index (χ0) is 12.3. The van der Waals surface area contributed by atoms with E-state index in [1.165, 1.54) is 29.5 Å². The van der Waals surface area contributed by atoms with Gasteiger partial charge in [0.2, 0.25) is 0 Å². The highest BCUT2D eigenvalue weighted by Crippen LogP contribution is 2.28. The molecule has 0 aliphatic heterocycles. The maximum Gasteiger partial charge on any atom is 0.0236 e. The van der Waals surface area contributed by atoms with Gasteiger partial charge in [-0.15, -0.1) is 0 Å². The fraction of sp³-hybridized carbons (Fsp3) is 0.600. The van der Waals surface area contributed by atoms with E-state index in [-0.39, 0.29) is 0 Å². The largest absolute Gasteiger partial charge is 0.330 e. The molecular weight excluding hydrogens is 208 g/mol. The molecule has 0 radical (unpaired) electrons. The summed E-state index contributed by atoms with van der Waals surface area (Å²) in [5.74, 6) is 0. The molecule has 0 aromatic heterocycles. The standard InChI is InChI=1S/C15H24N2/c1-12-8-13(2)10-14(9-12)11-17(7-3-6-16)15-4-5-15/h8-10,15H,3-7,11,16H2,1-2H3. The number of hydrogen-bond donors (Lipinski definition) is 1. The lowest BCUT2D eigenvalue weighted by molar-refractivity contribution is 0.253. The van der Waals surface area contributed by atoms with E-state index in [2.05, 4.69) is 36.9 Å². The van der Waals surface area contributed by atoms with Crippen LogP contribution in [0.3, 0.4) is 0 Å². The summed E-state index contributed by atoms with van der Waals surface area (Å²) in [7, 11) is 0. The lowest BCUT2D eigenvalue weighted by Gasteiger charge is -2.22. The van der Waals surface area contributed by atoms with Gasteiger partial charge in [0.15, 0.2) is 0 Å². The van der Waals surface area contributed by atoms with Gasteiger partial charge in [-0.3, -0.25) is 4.90 Å². The van der Waals surface area contributed by atoms with Crippen LogP contribution in [0.5, 0.6) is 0 Å². The summed E-state index contributed by atoms with van der Waals surface area (Å²) in [6, 6.07) is 7.68. The summed E-state index contributed by atoms with van der Waals surface area (Å²) in [6.45, 7) is 7.40. The van der Waals surface area contributed by atoms with Gasteiger partial charge in [0.25, 0.3) is 0 Å². The summed E-state index contributed by atoms with van der Waals surface area (Å²) in [5.41, 5.74) is 9.80. The van der Waals surface area contributed by atoms with Gasteiger partial charge in [0.05, 0.1) is 0 Å². The second-order valence-corrected chi connectivity index (χ2v) is 5.34. The van der Waals surface area contributed by atoms with Crippen molar-refractivity contribution in [1.29, 1.82) is 0 Å². The molecule has 1 aliphatic rings. The van der Waals surface area contributed by atoms with Crippen molar-refractivity contribution in [2.75, 3.05) is 13.1 Å². The minimum absolute atomic E-state index is 0.802. The van der Waals surface area contributed by atoms with Crippen molar-refractivity contribution in [3.8, 4) is 0 Å². The second kappa shape index (κ2) is 5.65. The molecule has 1 aliphatic carbocycles. The highest BCUT2D eigenvalue weighted by atomic mass is 15.2. The summed E-state index contributed by atoms with van der Waals surface area (Å²) < 4.78 is 0. The molecule has 1 aromatic rings. The lowest BCUT2D eigenvalue weighted by atomic mass is 10.1. The second-order valence-electron chi connectivity index (χ2n) is 5.34. The van der Waals surface area contributed by atoms with Gasteiger partial charge < -0.3 is 5.73 Å². The molecule has 94 valence electrons. The van der Waals surface area contributed by atoms with Gasteiger partial charge in [-0.05, 0) is 51.8 Å². The van der Waals surface area contributed by atoms with Gasteiger partial charge in [0, 0.05) is 12.6 Å². The van der Waals surface area contributed by atoms with Crippen LogP contribution in [-0.4, -0.2) is 24.0 Å². The van der Waals surface area contributed by atoms with Crippen LogP contribution in [0, 0.1) is 13.8 Å². The predicted octanol–water partition coefficient (Wildman–Crippen LogP) is 2.62. The Bertz CT molecular complexity index is 349. The number of aryl methyl sites for hydroxylation is 2. The molecular formula is C15H24N2. The molecule has 17 heavy (non-hydrogen) atoms. The Morgan fingerprint density at radius 1 is 1.18 bits per heavy atom. The van der Waals surface area contributed by atoms with Crippen LogP contribution in [-0.2, 0) is 6.54 Å². The molecule has 1 fully saturated rings. The van der Waals surface area contributed by atoms with Gasteiger partial charge in [-0.2, -0.15) is 0 Å². The van der Waals surface area contributed by atoms with E-state index < -0.39 is 0 Å². The van der Waals surface area contributed by atoms with Crippen molar-refractivity contribution >= 4 is 0 Å². The average Bonchev–Trinajstić information content (AvgIpc) is 3.06. The maximum atomic E-state index is 5.61. The normalized spacial score (nSPS) is 15.5. The maximum absolute atomic E-state index is 5.61. The van der Waals surface area contributed by atoms with E-state index in [0.717, 1.165) is 32.1 Å². The topological polar surface area (TPSA) is 29.3 Å². The van der Waals surface area contributed by atoms with E-state index >= 15 is 0 Å². The van der Waals surface area contributed by atoms with Crippen molar-refractivity contribution < 1.29 is 0 Å². The molecule has 0 atom stereocenters. The molecule has 0 saturated heterocycles. The van der Waals surface area contributed by atoms with Crippen LogP contribution in [0.1, 0.15) is 36.0 Å². The summed E-state index contributed by atoms with van der Waals surface area (Å²) in [6.07, 6.45) is 3.85. The molecule has 0 unspecified atom stereocenters.